The van der Waals surface area contributed by atoms with E-state index in [4.69, 9.17) is 0 Å². The van der Waals surface area contributed by atoms with Gasteiger partial charge >= 0.3 is 12.3 Å². The van der Waals surface area contributed by atoms with Crippen molar-refractivity contribution in [3.63, 3.8) is 0 Å². The topological polar surface area (TPSA) is 78.5 Å². The van der Waals surface area contributed by atoms with Gasteiger partial charge < -0.3 is 15.5 Å². The van der Waals surface area contributed by atoms with Crippen LogP contribution in [-0.2, 0) is 14.4 Å². The highest BCUT2D eigenvalue weighted by Crippen LogP contribution is 2.39. The van der Waals surface area contributed by atoms with E-state index < -0.39 is 54.7 Å². The monoisotopic (exact) mass is 483 g/mol. The minimum Gasteiger partial charge on any atom is -0.353 e. The van der Waals surface area contributed by atoms with E-state index in [1.54, 1.807) is 53.8 Å². The molecule has 2 aromatic rings. The van der Waals surface area contributed by atoms with E-state index in [0.717, 1.165) is 0 Å². The molecule has 2 atom stereocenters. The maximum Gasteiger partial charge on any atom is 0.309 e. The third-order valence-electron chi connectivity index (χ3n) is 5.60. The molecule has 0 aliphatic carbocycles. The molecule has 1 heterocycles. The number of amides is 3. The molecule has 0 saturated heterocycles. The van der Waals surface area contributed by atoms with Crippen molar-refractivity contribution in [2.75, 3.05) is 18.5 Å². The highest BCUT2D eigenvalue weighted by Gasteiger charge is 2.45. The van der Waals surface area contributed by atoms with Crippen LogP contribution in [0.2, 0.25) is 0 Å². The molecule has 182 valence electrons. The predicted octanol–water partition coefficient (Wildman–Crippen LogP) is 3.62. The Morgan fingerprint density at radius 3 is 2.24 bits per heavy atom. The molecule has 1 aliphatic heterocycles. The van der Waals surface area contributed by atoms with Gasteiger partial charge in [-0.05, 0) is 24.1 Å². The normalized spacial score (nSPS) is 17.4. The minimum atomic E-state index is -4.38. The Kier molecular flexibility index (Phi) is 6.94. The fraction of sp³-hybridized carbons (Fsp3) is 0.348. The van der Waals surface area contributed by atoms with Crippen molar-refractivity contribution in [1.82, 2.24) is 10.6 Å². The maximum atomic E-state index is 15.1. The first-order valence-corrected chi connectivity index (χ1v) is 10.3. The molecule has 0 radical (unpaired) electrons. The smallest absolute Gasteiger partial charge is 0.309 e. The van der Waals surface area contributed by atoms with Crippen molar-refractivity contribution in [2.24, 2.45) is 0 Å². The summed E-state index contributed by atoms with van der Waals surface area (Å²) in [6.45, 7) is -0.388. The van der Waals surface area contributed by atoms with Gasteiger partial charge in [0, 0.05) is 25.6 Å². The molecular weight excluding hydrogens is 461 g/mol. The number of nitrogens with one attached hydrogen (secondary N) is 2. The average Bonchev–Trinajstić information content (AvgIpc) is 2.88. The number of halogens is 5. The second kappa shape index (κ2) is 9.40. The van der Waals surface area contributed by atoms with E-state index in [0.29, 0.717) is 29.3 Å². The number of carbonyl (C=O) groups is 3. The summed E-state index contributed by atoms with van der Waals surface area (Å²) in [6, 6.07) is 12.3. The second-order valence-electron chi connectivity index (χ2n) is 7.98. The van der Waals surface area contributed by atoms with E-state index in [1.807, 2.05) is 0 Å². The van der Waals surface area contributed by atoms with Crippen LogP contribution in [0.5, 0.6) is 0 Å². The number of hydrogen-bond acceptors (Lipinski definition) is 3. The highest BCUT2D eigenvalue weighted by atomic mass is 19.3. The first-order chi connectivity index (χ1) is 15.9. The average molecular weight is 483 g/mol. The number of alkyl halides is 5. The standard InChI is InChI=1S/C23H22F5N3O3/c1-22(26,20(33)29-12-11-23(27,28)19(24)25)21(34)30-17-15-9-4-3-7-13(15)14-8-5-6-10-16(14)31(2)18(17)32/h3-10,17,19H,11-12H2,1-2H3,(H,29,33)(H,30,34). The number of hydrogen-bond donors (Lipinski definition) is 2. The summed E-state index contributed by atoms with van der Waals surface area (Å²) in [5, 5.41) is 3.98. The Labute approximate surface area is 192 Å². The lowest BCUT2D eigenvalue weighted by Gasteiger charge is -2.26. The van der Waals surface area contributed by atoms with Gasteiger partial charge in [-0.1, -0.05) is 42.5 Å². The van der Waals surface area contributed by atoms with E-state index in [-0.39, 0.29) is 0 Å². The Balaban J connectivity index is 1.82. The van der Waals surface area contributed by atoms with Crippen molar-refractivity contribution < 1.29 is 36.3 Å². The quantitative estimate of drug-likeness (QED) is 0.467. The molecule has 0 spiro atoms. The van der Waals surface area contributed by atoms with Gasteiger partial charge in [0.25, 0.3) is 23.4 Å². The number of anilines is 1. The summed E-state index contributed by atoms with van der Waals surface area (Å²) >= 11 is 0. The molecule has 0 bridgehead atoms. The number of para-hydroxylation sites is 1. The zero-order chi connectivity index (χ0) is 25.3. The number of rotatable bonds is 7. The van der Waals surface area contributed by atoms with Gasteiger partial charge in [-0.2, -0.15) is 0 Å². The summed E-state index contributed by atoms with van der Waals surface area (Å²) in [7, 11) is 1.48. The summed E-state index contributed by atoms with van der Waals surface area (Å²) < 4.78 is 65.6. The van der Waals surface area contributed by atoms with Crippen LogP contribution in [0.15, 0.2) is 48.5 Å². The van der Waals surface area contributed by atoms with Crippen LogP contribution in [0.4, 0.5) is 27.6 Å². The molecule has 2 N–H and O–H groups in total. The van der Waals surface area contributed by atoms with Gasteiger partial charge in [0.15, 0.2) is 0 Å². The van der Waals surface area contributed by atoms with E-state index >= 15 is 4.39 Å². The lowest BCUT2D eigenvalue weighted by Crippen LogP contribution is -2.55. The van der Waals surface area contributed by atoms with Crippen LogP contribution in [0.1, 0.15) is 24.9 Å². The third-order valence-corrected chi connectivity index (χ3v) is 5.60. The summed E-state index contributed by atoms with van der Waals surface area (Å²) in [5.74, 6) is -8.06. The second-order valence-corrected chi connectivity index (χ2v) is 7.98. The van der Waals surface area contributed by atoms with E-state index in [2.05, 4.69) is 5.32 Å². The SMILES string of the molecule is CN1C(=O)C(NC(=O)C(C)(F)C(=O)NCCC(F)(F)C(F)F)c2ccccc2-c2ccccc21. The number of benzene rings is 2. The molecule has 0 fully saturated rings. The third kappa shape index (κ3) is 4.73. The highest BCUT2D eigenvalue weighted by molar-refractivity contribution is 6.11. The minimum absolute atomic E-state index is 0.366. The van der Waals surface area contributed by atoms with Gasteiger partial charge in [-0.25, -0.2) is 22.0 Å². The Morgan fingerprint density at radius 2 is 1.59 bits per heavy atom. The zero-order valence-electron chi connectivity index (χ0n) is 18.2. The van der Waals surface area contributed by atoms with Gasteiger partial charge in [-0.15, -0.1) is 0 Å². The number of likely N-dealkylation sites (N-methyl/N-ethyl adjacent to an activating group) is 1. The first kappa shape index (κ1) is 25.1. The number of carbonyl (C=O) groups excluding carboxylic acids is 3. The largest absolute Gasteiger partial charge is 0.353 e. The van der Waals surface area contributed by atoms with E-state index in [9.17, 15) is 31.9 Å². The van der Waals surface area contributed by atoms with E-state index in [1.165, 1.54) is 11.9 Å². The Morgan fingerprint density at radius 1 is 1.00 bits per heavy atom. The molecule has 3 amide bonds. The summed E-state index contributed by atoms with van der Waals surface area (Å²) in [6.07, 6.45) is -5.39. The van der Waals surface area contributed by atoms with Crippen LogP contribution >= 0.6 is 0 Å². The van der Waals surface area contributed by atoms with Crippen LogP contribution in [-0.4, -0.2) is 49.3 Å². The molecular formula is C23H22F5N3O3. The van der Waals surface area contributed by atoms with Crippen molar-refractivity contribution in [3.05, 3.63) is 54.1 Å². The molecule has 0 aromatic heterocycles. The van der Waals surface area contributed by atoms with Gasteiger partial charge in [-0.3, -0.25) is 14.4 Å². The lowest BCUT2D eigenvalue weighted by molar-refractivity contribution is -0.147. The molecule has 3 rings (SSSR count). The van der Waals surface area contributed by atoms with Crippen LogP contribution < -0.4 is 15.5 Å². The summed E-state index contributed by atoms with van der Waals surface area (Å²) in [5.41, 5.74) is -1.04. The summed E-state index contributed by atoms with van der Waals surface area (Å²) in [4.78, 5) is 39.3. The molecule has 2 aromatic carbocycles. The zero-order valence-corrected chi connectivity index (χ0v) is 18.2. The van der Waals surface area contributed by atoms with Crippen LogP contribution in [0.25, 0.3) is 11.1 Å². The first-order valence-electron chi connectivity index (χ1n) is 10.3. The number of nitrogens with zero attached hydrogens (tertiary/aromatic N) is 1. The fourth-order valence-electron chi connectivity index (χ4n) is 3.56. The molecule has 0 saturated carbocycles. The molecule has 11 heteroatoms. The van der Waals surface area contributed by atoms with Gasteiger partial charge in [0.1, 0.15) is 6.04 Å². The molecule has 34 heavy (non-hydrogen) atoms. The van der Waals surface area contributed by atoms with Gasteiger partial charge in [0.2, 0.25) is 0 Å². The van der Waals surface area contributed by atoms with Crippen molar-refractivity contribution in [3.8, 4) is 11.1 Å². The number of fused-ring (bicyclic) bond motifs is 3. The van der Waals surface area contributed by atoms with Crippen LogP contribution in [0.3, 0.4) is 0 Å². The predicted molar refractivity (Wildman–Crippen MR) is 114 cm³/mol. The van der Waals surface area contributed by atoms with Crippen LogP contribution in [0, 0.1) is 0 Å². The fourth-order valence-corrected chi connectivity index (χ4v) is 3.56. The van der Waals surface area contributed by atoms with Crippen molar-refractivity contribution >= 4 is 23.4 Å². The molecule has 6 nitrogen and oxygen atoms in total. The Hall–Kier alpha value is -3.50. The molecule has 1 aliphatic rings. The molecule has 2 unspecified atom stereocenters. The lowest BCUT2D eigenvalue weighted by atomic mass is 9.94. The maximum absolute atomic E-state index is 15.1. The van der Waals surface area contributed by atoms with Crippen molar-refractivity contribution in [2.45, 2.75) is 37.4 Å². The van der Waals surface area contributed by atoms with Gasteiger partial charge in [0.05, 0.1) is 5.69 Å². The Bertz CT molecular complexity index is 1110. The van der Waals surface area contributed by atoms with Crippen molar-refractivity contribution in [1.29, 1.82) is 0 Å².